The fraction of sp³-hybridized carbons (Fsp3) is 0.944. The Morgan fingerprint density at radius 2 is 1.58 bits per heavy atom. The van der Waals surface area contributed by atoms with Crippen molar-refractivity contribution < 1.29 is 23.7 Å². The van der Waals surface area contributed by atoms with Crippen LogP contribution in [0.25, 0.3) is 0 Å². The molecule has 6 nitrogen and oxygen atoms in total. The summed E-state index contributed by atoms with van der Waals surface area (Å²) in [6.07, 6.45) is 2.65. The average molecular weight is 345 g/mol. The molecule has 0 bridgehead atoms. The predicted molar refractivity (Wildman–Crippen MR) is 93.1 cm³/mol. The summed E-state index contributed by atoms with van der Waals surface area (Å²) in [6, 6.07) is 0. The number of hydrogen-bond acceptors (Lipinski definition) is 6. The van der Waals surface area contributed by atoms with Crippen molar-refractivity contribution in [2.24, 2.45) is 5.92 Å². The van der Waals surface area contributed by atoms with Gasteiger partial charge in [0.05, 0.1) is 33.0 Å². The number of esters is 1. The van der Waals surface area contributed by atoms with E-state index in [1.165, 1.54) is 0 Å². The number of carbonyl (C=O) groups is 1. The second-order valence-electron chi connectivity index (χ2n) is 7.29. The van der Waals surface area contributed by atoms with Gasteiger partial charge >= 0.3 is 5.97 Å². The Bertz CT molecular complexity index is 335. The Morgan fingerprint density at radius 3 is 2.17 bits per heavy atom. The second-order valence-corrected chi connectivity index (χ2v) is 7.29. The lowest BCUT2D eigenvalue weighted by molar-refractivity contribution is -0.156. The summed E-state index contributed by atoms with van der Waals surface area (Å²) in [5.74, 6) is 0.379. The molecule has 1 saturated heterocycles. The van der Waals surface area contributed by atoms with Gasteiger partial charge in [-0.1, -0.05) is 0 Å². The van der Waals surface area contributed by atoms with E-state index < -0.39 is 0 Å². The molecule has 1 rings (SSSR count). The predicted octanol–water partition coefficient (Wildman–Crippen LogP) is 2.11. The monoisotopic (exact) mass is 345 g/mol. The van der Waals surface area contributed by atoms with Crippen molar-refractivity contribution in [3.63, 3.8) is 0 Å². The van der Waals surface area contributed by atoms with Gasteiger partial charge < -0.3 is 23.8 Å². The van der Waals surface area contributed by atoms with Gasteiger partial charge in [0.15, 0.2) is 0 Å². The molecule has 6 heteroatoms. The molecule has 0 aliphatic carbocycles. The molecule has 0 atom stereocenters. The Labute approximate surface area is 146 Å². The van der Waals surface area contributed by atoms with E-state index in [4.69, 9.17) is 18.9 Å². The van der Waals surface area contributed by atoms with E-state index in [1.807, 2.05) is 20.8 Å². The van der Waals surface area contributed by atoms with Gasteiger partial charge in [0.1, 0.15) is 5.60 Å². The van der Waals surface area contributed by atoms with Gasteiger partial charge in [-0.05, 0) is 52.6 Å². The van der Waals surface area contributed by atoms with Crippen molar-refractivity contribution >= 4 is 5.97 Å². The lowest BCUT2D eigenvalue weighted by atomic mass is 9.93. The Balaban J connectivity index is 2.00. The van der Waals surface area contributed by atoms with Crippen LogP contribution in [-0.4, -0.2) is 76.2 Å². The third-order valence-corrected chi connectivity index (χ3v) is 3.94. The molecule has 0 aromatic carbocycles. The van der Waals surface area contributed by atoms with E-state index in [0.717, 1.165) is 39.1 Å². The summed E-state index contributed by atoms with van der Waals surface area (Å²) in [6.45, 7) is 11.9. The maximum Gasteiger partial charge on any atom is 0.306 e. The van der Waals surface area contributed by atoms with Crippen molar-refractivity contribution in [1.82, 2.24) is 4.90 Å². The molecule has 142 valence electrons. The van der Waals surface area contributed by atoms with Crippen LogP contribution in [0.4, 0.5) is 0 Å². The minimum absolute atomic E-state index is 0.0715. The van der Waals surface area contributed by atoms with Crippen molar-refractivity contribution in [1.29, 1.82) is 0 Å². The number of carbonyl (C=O) groups excluding carboxylic acids is 1. The normalized spacial score (nSPS) is 17.2. The van der Waals surface area contributed by atoms with Gasteiger partial charge in [-0.15, -0.1) is 0 Å². The van der Waals surface area contributed by atoms with Gasteiger partial charge in [-0.3, -0.25) is 4.79 Å². The summed E-state index contributed by atoms with van der Waals surface area (Å²) in [5.41, 5.74) is -0.387. The molecular weight excluding hydrogens is 310 g/mol. The molecular formula is C18H35NO5. The van der Waals surface area contributed by atoms with Gasteiger partial charge in [-0.2, -0.15) is 0 Å². The van der Waals surface area contributed by atoms with E-state index in [9.17, 15) is 4.79 Å². The van der Waals surface area contributed by atoms with Crippen LogP contribution in [0.15, 0.2) is 0 Å². The number of hydrogen-bond donors (Lipinski definition) is 0. The molecule has 1 aliphatic heterocycles. The van der Waals surface area contributed by atoms with E-state index in [-0.39, 0.29) is 11.6 Å². The molecule has 0 unspecified atom stereocenters. The molecule has 1 fully saturated rings. The van der Waals surface area contributed by atoms with Gasteiger partial charge in [-0.25, -0.2) is 0 Å². The molecule has 0 radical (unpaired) electrons. The molecule has 1 aliphatic rings. The number of ether oxygens (including phenoxy) is 4. The van der Waals surface area contributed by atoms with Gasteiger partial charge in [0.25, 0.3) is 0 Å². The van der Waals surface area contributed by atoms with Crippen LogP contribution >= 0.6 is 0 Å². The quantitative estimate of drug-likeness (QED) is 0.422. The third-order valence-electron chi connectivity index (χ3n) is 3.94. The number of methoxy groups -OCH3 is 1. The zero-order valence-electron chi connectivity index (χ0n) is 15.8. The second kappa shape index (κ2) is 11.8. The highest BCUT2D eigenvalue weighted by atomic mass is 16.6. The minimum atomic E-state index is -0.387. The lowest BCUT2D eigenvalue weighted by Crippen LogP contribution is -2.37. The Morgan fingerprint density at radius 1 is 1.00 bits per heavy atom. The number of nitrogens with zero attached hydrogens (tertiary/aromatic N) is 1. The largest absolute Gasteiger partial charge is 0.460 e. The molecule has 0 saturated carbocycles. The standard InChI is InChI=1S/C18H35NO5/c1-18(2,3)24-17(20)15-16-5-7-19(8-6-16)9-10-22-13-14-23-12-11-21-4/h16H,5-15H2,1-4H3. The minimum Gasteiger partial charge on any atom is -0.460 e. The zero-order chi connectivity index (χ0) is 17.8. The summed E-state index contributed by atoms with van der Waals surface area (Å²) in [5, 5.41) is 0. The smallest absolute Gasteiger partial charge is 0.306 e. The van der Waals surface area contributed by atoms with Crippen LogP contribution in [0.2, 0.25) is 0 Å². The highest BCUT2D eigenvalue weighted by Crippen LogP contribution is 2.22. The van der Waals surface area contributed by atoms with Crippen LogP contribution < -0.4 is 0 Å². The van der Waals surface area contributed by atoms with E-state index in [0.29, 0.717) is 38.8 Å². The first-order valence-electron chi connectivity index (χ1n) is 8.99. The number of rotatable bonds is 11. The van der Waals surface area contributed by atoms with Crippen molar-refractivity contribution in [3.05, 3.63) is 0 Å². The summed E-state index contributed by atoms with van der Waals surface area (Å²) in [4.78, 5) is 14.3. The molecule has 1 heterocycles. The van der Waals surface area contributed by atoms with Crippen LogP contribution in [0.3, 0.4) is 0 Å². The van der Waals surface area contributed by atoms with Crippen LogP contribution in [0.5, 0.6) is 0 Å². The van der Waals surface area contributed by atoms with Crippen LogP contribution in [0, 0.1) is 5.92 Å². The summed E-state index contributed by atoms with van der Waals surface area (Å²) >= 11 is 0. The van der Waals surface area contributed by atoms with Crippen molar-refractivity contribution in [2.75, 3.05) is 59.8 Å². The van der Waals surface area contributed by atoms with Gasteiger partial charge in [0.2, 0.25) is 0 Å². The average Bonchev–Trinajstić information content (AvgIpc) is 2.49. The zero-order valence-corrected chi connectivity index (χ0v) is 15.8. The third kappa shape index (κ3) is 11.0. The first-order chi connectivity index (χ1) is 11.4. The van der Waals surface area contributed by atoms with Gasteiger partial charge in [0, 0.05) is 20.1 Å². The molecule has 0 N–H and O–H groups in total. The maximum absolute atomic E-state index is 11.9. The number of likely N-dealkylation sites (tertiary alicyclic amines) is 1. The van der Waals surface area contributed by atoms with Crippen molar-refractivity contribution in [3.8, 4) is 0 Å². The molecule has 0 aromatic rings. The topological polar surface area (TPSA) is 57.2 Å². The molecule has 0 amide bonds. The van der Waals surface area contributed by atoms with Crippen LogP contribution in [0.1, 0.15) is 40.0 Å². The first-order valence-corrected chi connectivity index (χ1v) is 8.99. The number of piperidine rings is 1. The fourth-order valence-corrected chi connectivity index (χ4v) is 2.69. The summed E-state index contributed by atoms with van der Waals surface area (Å²) in [7, 11) is 1.66. The van der Waals surface area contributed by atoms with E-state index in [1.54, 1.807) is 7.11 Å². The van der Waals surface area contributed by atoms with Crippen molar-refractivity contribution in [2.45, 2.75) is 45.6 Å². The van der Waals surface area contributed by atoms with E-state index in [2.05, 4.69) is 4.90 Å². The molecule has 24 heavy (non-hydrogen) atoms. The van der Waals surface area contributed by atoms with E-state index >= 15 is 0 Å². The summed E-state index contributed by atoms with van der Waals surface area (Å²) < 4.78 is 21.2. The lowest BCUT2D eigenvalue weighted by Gasteiger charge is -2.32. The molecule has 0 spiro atoms. The highest BCUT2D eigenvalue weighted by molar-refractivity contribution is 5.70. The Hall–Kier alpha value is -0.690. The van der Waals surface area contributed by atoms with Crippen LogP contribution in [-0.2, 0) is 23.7 Å². The maximum atomic E-state index is 11.9. The highest BCUT2D eigenvalue weighted by Gasteiger charge is 2.24. The Kier molecular flexibility index (Phi) is 10.5. The fourth-order valence-electron chi connectivity index (χ4n) is 2.69. The SMILES string of the molecule is COCCOCCOCCN1CCC(CC(=O)OC(C)(C)C)CC1. The first kappa shape index (κ1) is 21.4. The molecule has 0 aromatic heterocycles.